The molecular formula is C47H69N7O11S2. The number of nitro groups is 1. The molecule has 0 bridgehead atoms. The Morgan fingerprint density at radius 2 is 1.55 bits per heavy atom. The molecule has 370 valence electrons. The summed E-state index contributed by atoms with van der Waals surface area (Å²) in [7, 11) is -7.92. The molecule has 0 radical (unpaired) electrons. The molecule has 0 aliphatic carbocycles. The first-order valence-corrected chi connectivity index (χ1v) is 25.5. The Bertz CT molecular complexity index is 2350. The van der Waals surface area contributed by atoms with Gasteiger partial charge in [0, 0.05) is 50.4 Å². The number of aliphatic hydroxyl groups excluding tert-OH is 1. The lowest BCUT2D eigenvalue weighted by Crippen LogP contribution is -2.52. The predicted octanol–water partition coefficient (Wildman–Crippen LogP) is 6.06. The average Bonchev–Trinajstić information content (AvgIpc) is 3.90. The Morgan fingerprint density at radius 1 is 0.940 bits per heavy atom. The Morgan fingerprint density at radius 3 is 2.15 bits per heavy atom. The summed E-state index contributed by atoms with van der Waals surface area (Å²) in [6, 6.07) is 21.4. The van der Waals surface area contributed by atoms with E-state index in [9.17, 15) is 36.9 Å². The van der Waals surface area contributed by atoms with E-state index < -0.39 is 73.3 Å². The molecule has 5 atom stereocenters. The number of nitrogens with one attached hydrogen (secondary N) is 1. The minimum absolute atomic E-state index is 0.0931. The minimum Gasteiger partial charge on any atom is -0.443 e. The number of hydrogen-bond donors (Lipinski definition) is 4. The Balaban J connectivity index is 0.000000359. The number of nitrogens with zero attached hydrogens (tertiary/aromatic N) is 4. The number of nitriles is 1. The molecule has 3 aromatic rings. The van der Waals surface area contributed by atoms with Crippen LogP contribution < -0.4 is 16.8 Å². The van der Waals surface area contributed by atoms with Gasteiger partial charge >= 0.3 is 6.09 Å². The maximum absolute atomic E-state index is 13.9. The number of non-ortho nitro benzene ring substituents is 1. The number of sulfonamides is 2. The number of nitrogens with two attached hydrogens (primary N) is 2. The van der Waals surface area contributed by atoms with Gasteiger partial charge in [-0.05, 0) is 85.2 Å². The van der Waals surface area contributed by atoms with Crippen molar-refractivity contribution < 1.29 is 45.9 Å². The standard InChI is InChI=1S/C30H38N4O9S.C17H31N3O2S/c1-30(2,13-7-14-31)20-33(44(39,40)23-11-6-10-22(17-23)34(37)38)18-26(35)25(16-21-8-4-3-5-9-21)32-29(36)43-27-19-42-28-24(27)12-15-41-28;1-14(2)12-20(13-17(3,4)9-6-10-18)23(21,22)16-8-5-7-15(19)11-16/h3-6,8-11,17,24-28,35H,7,12-13,15-16,18-20H2,1-2H3,(H,32,36);5,7-8,11,14H,6,9-10,12-13,18-19H2,1-4H3/t24?,25-,26?,27?,28?;/m0./s1. The number of alkyl carbamates (subject to hydrolysis) is 1. The number of fused-ring (bicyclic) bond motifs is 1. The maximum atomic E-state index is 13.9. The van der Waals surface area contributed by atoms with Gasteiger partial charge in [0.1, 0.15) is 6.10 Å². The molecule has 0 spiro atoms. The van der Waals surface area contributed by atoms with Crippen LogP contribution in [-0.4, -0.2) is 112 Å². The summed E-state index contributed by atoms with van der Waals surface area (Å²) in [6.45, 7) is 13.6. The fourth-order valence-electron chi connectivity index (χ4n) is 8.08. The largest absolute Gasteiger partial charge is 0.443 e. The summed E-state index contributed by atoms with van der Waals surface area (Å²) in [5.41, 5.74) is 11.4. The number of benzene rings is 3. The molecule has 4 unspecified atom stereocenters. The molecule has 0 aromatic heterocycles. The third kappa shape index (κ3) is 16.5. The fourth-order valence-corrected chi connectivity index (χ4v) is 11.6. The molecule has 0 saturated carbocycles. The SMILES string of the molecule is CC(C)(CCC#N)CN(CC(O)[C@H](Cc1ccccc1)NC(=O)OC1COC2OCCC12)S(=O)(=O)c1cccc([N+](=O)[O-])c1.CC(C)CN(CC(C)(C)CCCN)S(=O)(=O)c1cccc(N)c1. The Kier molecular flexibility index (Phi) is 20.1. The molecular weight excluding hydrogens is 903 g/mol. The molecule has 2 aliphatic rings. The van der Waals surface area contributed by atoms with E-state index in [-0.39, 0.29) is 53.0 Å². The topological polar surface area (TPSA) is 271 Å². The Labute approximate surface area is 396 Å². The molecule has 18 nitrogen and oxygen atoms in total. The number of carbonyl (C=O) groups excluding carboxylic acids is 1. The van der Waals surface area contributed by atoms with Crippen molar-refractivity contribution in [1.82, 2.24) is 13.9 Å². The zero-order valence-electron chi connectivity index (χ0n) is 39.5. The molecule has 6 N–H and O–H groups in total. The van der Waals surface area contributed by atoms with Crippen LogP contribution in [0.2, 0.25) is 0 Å². The summed E-state index contributed by atoms with van der Waals surface area (Å²) < 4.78 is 73.2. The first kappa shape index (κ1) is 54.9. The van der Waals surface area contributed by atoms with Crippen LogP contribution in [0.25, 0.3) is 0 Å². The number of aliphatic hydroxyl groups is 1. The predicted molar refractivity (Wildman–Crippen MR) is 254 cm³/mol. The van der Waals surface area contributed by atoms with E-state index in [1.165, 1.54) is 24.3 Å². The lowest BCUT2D eigenvalue weighted by molar-refractivity contribution is -0.385. The summed E-state index contributed by atoms with van der Waals surface area (Å²) in [6.07, 6.45) is 0.0420. The van der Waals surface area contributed by atoms with E-state index in [0.717, 1.165) is 28.8 Å². The summed E-state index contributed by atoms with van der Waals surface area (Å²) in [4.78, 5) is 23.7. The highest BCUT2D eigenvalue weighted by atomic mass is 32.2. The number of hydrogen-bond acceptors (Lipinski definition) is 14. The van der Waals surface area contributed by atoms with Crippen molar-refractivity contribution in [2.75, 3.05) is 51.7 Å². The number of nitrogen functional groups attached to an aromatic ring is 1. The molecule has 5 rings (SSSR count). The molecule has 2 saturated heterocycles. The number of amides is 1. The van der Waals surface area contributed by atoms with E-state index >= 15 is 0 Å². The van der Waals surface area contributed by atoms with Crippen molar-refractivity contribution in [2.24, 2.45) is 28.4 Å². The third-order valence-corrected chi connectivity index (χ3v) is 15.2. The van der Waals surface area contributed by atoms with E-state index in [1.807, 2.05) is 44.2 Å². The monoisotopic (exact) mass is 971 g/mol. The molecule has 2 fully saturated rings. The van der Waals surface area contributed by atoms with E-state index in [1.54, 1.807) is 36.4 Å². The van der Waals surface area contributed by atoms with Crippen molar-refractivity contribution in [2.45, 2.75) is 114 Å². The van der Waals surface area contributed by atoms with Crippen molar-refractivity contribution >= 4 is 37.5 Å². The highest BCUT2D eigenvalue weighted by Crippen LogP contribution is 2.34. The van der Waals surface area contributed by atoms with Crippen LogP contribution >= 0.6 is 0 Å². The smallest absolute Gasteiger partial charge is 0.407 e. The molecule has 3 aromatic carbocycles. The van der Waals surface area contributed by atoms with Crippen molar-refractivity contribution in [3.05, 3.63) is 94.5 Å². The van der Waals surface area contributed by atoms with Gasteiger partial charge in [-0.2, -0.15) is 13.9 Å². The highest BCUT2D eigenvalue weighted by Gasteiger charge is 2.44. The van der Waals surface area contributed by atoms with Gasteiger partial charge in [0.05, 0.1) is 52.1 Å². The molecule has 2 heterocycles. The van der Waals surface area contributed by atoms with Crippen LogP contribution in [0.1, 0.15) is 79.2 Å². The molecule has 67 heavy (non-hydrogen) atoms. The maximum Gasteiger partial charge on any atom is 0.407 e. The van der Waals surface area contributed by atoms with E-state index in [0.29, 0.717) is 44.8 Å². The van der Waals surface area contributed by atoms with Crippen LogP contribution in [-0.2, 0) is 40.7 Å². The summed E-state index contributed by atoms with van der Waals surface area (Å²) in [5, 5.41) is 34.8. The zero-order valence-corrected chi connectivity index (χ0v) is 41.1. The second-order valence-corrected chi connectivity index (χ2v) is 23.0. The van der Waals surface area contributed by atoms with Crippen LogP contribution in [0.15, 0.2) is 88.7 Å². The molecule has 2 aliphatic heterocycles. The van der Waals surface area contributed by atoms with Gasteiger partial charge in [0.25, 0.3) is 5.69 Å². The first-order chi connectivity index (χ1) is 31.5. The zero-order chi connectivity index (χ0) is 49.6. The number of anilines is 1. The van der Waals surface area contributed by atoms with Crippen molar-refractivity contribution in [3.63, 3.8) is 0 Å². The van der Waals surface area contributed by atoms with Crippen LogP contribution in [0.3, 0.4) is 0 Å². The van der Waals surface area contributed by atoms with Crippen LogP contribution in [0, 0.1) is 44.1 Å². The van der Waals surface area contributed by atoms with Crippen molar-refractivity contribution in [1.29, 1.82) is 5.26 Å². The van der Waals surface area contributed by atoms with Crippen LogP contribution in [0.5, 0.6) is 0 Å². The van der Waals surface area contributed by atoms with E-state index in [2.05, 4.69) is 25.2 Å². The summed E-state index contributed by atoms with van der Waals surface area (Å²) >= 11 is 0. The third-order valence-electron chi connectivity index (χ3n) is 11.6. The second-order valence-electron chi connectivity index (χ2n) is 19.2. The van der Waals surface area contributed by atoms with Gasteiger partial charge in [-0.3, -0.25) is 10.1 Å². The van der Waals surface area contributed by atoms with Crippen molar-refractivity contribution in [3.8, 4) is 6.07 Å². The van der Waals surface area contributed by atoms with Gasteiger partial charge in [0.15, 0.2) is 6.29 Å². The summed E-state index contributed by atoms with van der Waals surface area (Å²) in [5.74, 6) is 0.153. The lowest BCUT2D eigenvalue weighted by atomic mass is 9.87. The second kappa shape index (κ2) is 24.5. The Hall–Kier alpha value is -4.72. The number of ether oxygens (including phenoxy) is 3. The van der Waals surface area contributed by atoms with Gasteiger partial charge in [-0.25, -0.2) is 21.6 Å². The van der Waals surface area contributed by atoms with Gasteiger partial charge < -0.3 is 36.1 Å². The fraction of sp³-hybridized carbons (Fsp3) is 0.574. The van der Waals surface area contributed by atoms with Crippen LogP contribution in [0.4, 0.5) is 16.2 Å². The van der Waals surface area contributed by atoms with Gasteiger partial charge in [-0.15, -0.1) is 0 Å². The number of rotatable bonds is 23. The normalized spacial score (nSPS) is 18.4. The van der Waals surface area contributed by atoms with Gasteiger partial charge in [-0.1, -0.05) is 84.0 Å². The molecule has 20 heteroatoms. The molecule has 1 amide bonds. The lowest BCUT2D eigenvalue weighted by Gasteiger charge is -2.34. The minimum atomic E-state index is -4.36. The number of carbonyl (C=O) groups is 1. The first-order valence-electron chi connectivity index (χ1n) is 22.6. The number of nitro benzene ring substituents is 1. The van der Waals surface area contributed by atoms with E-state index in [4.69, 9.17) is 30.9 Å². The van der Waals surface area contributed by atoms with Gasteiger partial charge in [0.2, 0.25) is 20.0 Å². The average molecular weight is 972 g/mol. The highest BCUT2D eigenvalue weighted by molar-refractivity contribution is 7.89. The quantitative estimate of drug-likeness (QED) is 0.0478.